The summed E-state index contributed by atoms with van der Waals surface area (Å²) in [6.45, 7) is 15.0. The van der Waals surface area contributed by atoms with Crippen LogP contribution in [0.2, 0.25) is 0 Å². The third-order valence-corrected chi connectivity index (χ3v) is 7.84. The summed E-state index contributed by atoms with van der Waals surface area (Å²) in [6.07, 6.45) is 19.4. The van der Waals surface area contributed by atoms with Crippen LogP contribution < -0.4 is 0 Å². The van der Waals surface area contributed by atoms with Crippen LogP contribution in [0.3, 0.4) is 0 Å². The van der Waals surface area contributed by atoms with Gasteiger partial charge in [0.05, 0.1) is 0 Å². The number of carbonyl (C=O) groups is 1. The Labute approximate surface area is 194 Å². The molecule has 1 spiro atoms. The summed E-state index contributed by atoms with van der Waals surface area (Å²) in [4.78, 5) is 18.1. The molecule has 31 heavy (non-hydrogen) atoms. The smallest absolute Gasteiger partial charge is 0.225 e. The minimum Gasteiger partial charge on any atom is -0.341 e. The van der Waals surface area contributed by atoms with Crippen molar-refractivity contribution in [3.63, 3.8) is 0 Å². The summed E-state index contributed by atoms with van der Waals surface area (Å²) in [5, 5.41) is 0. The Morgan fingerprint density at radius 1 is 0.677 bits per heavy atom. The van der Waals surface area contributed by atoms with Gasteiger partial charge in [-0.15, -0.1) is 0 Å². The molecule has 2 saturated heterocycles. The Bertz CT molecular complexity index is 477. The molecule has 2 aliphatic rings. The van der Waals surface area contributed by atoms with E-state index in [9.17, 15) is 4.79 Å². The molecule has 3 nitrogen and oxygen atoms in total. The van der Waals surface area contributed by atoms with Gasteiger partial charge in [-0.25, -0.2) is 0 Å². The zero-order valence-corrected chi connectivity index (χ0v) is 21.6. The molecule has 0 radical (unpaired) electrons. The van der Waals surface area contributed by atoms with Crippen LogP contribution in [0.25, 0.3) is 0 Å². The normalized spacial score (nSPS) is 19.8. The van der Waals surface area contributed by atoms with E-state index >= 15 is 0 Å². The monoisotopic (exact) mass is 434 g/mol. The maximum Gasteiger partial charge on any atom is 0.225 e. The van der Waals surface area contributed by atoms with Crippen LogP contribution in [0.1, 0.15) is 124 Å². The van der Waals surface area contributed by atoms with Gasteiger partial charge in [-0.1, -0.05) is 98.3 Å². The Hall–Kier alpha value is -0.570. The fourth-order valence-corrected chi connectivity index (χ4v) is 5.94. The van der Waals surface area contributed by atoms with E-state index in [0.29, 0.717) is 17.2 Å². The molecule has 0 N–H and O–H groups in total. The van der Waals surface area contributed by atoms with Crippen molar-refractivity contribution in [2.75, 3.05) is 32.7 Å². The molecule has 3 heteroatoms. The molecule has 0 saturated carbocycles. The highest BCUT2D eigenvalue weighted by atomic mass is 16.2. The molecule has 2 aliphatic heterocycles. The SMILES string of the molecule is CCCCCCC(CCCC)C(=O)N1CC2(CN(CC(CCCC)CCCCC)C2)C1. The zero-order valence-electron chi connectivity index (χ0n) is 21.6. The van der Waals surface area contributed by atoms with Crippen molar-refractivity contribution in [1.29, 1.82) is 0 Å². The van der Waals surface area contributed by atoms with E-state index in [1.54, 1.807) is 0 Å². The molecule has 2 atom stereocenters. The first-order valence-electron chi connectivity index (χ1n) is 14.1. The molecule has 1 amide bonds. The quantitative estimate of drug-likeness (QED) is 0.211. The van der Waals surface area contributed by atoms with Crippen LogP contribution in [-0.4, -0.2) is 48.4 Å². The molecule has 2 rings (SSSR count). The fraction of sp³-hybridized carbons (Fsp3) is 0.964. The number of amides is 1. The van der Waals surface area contributed by atoms with E-state index < -0.39 is 0 Å². The third-order valence-electron chi connectivity index (χ3n) is 7.84. The van der Waals surface area contributed by atoms with E-state index in [1.807, 2.05) is 0 Å². The number of likely N-dealkylation sites (tertiary alicyclic amines) is 2. The van der Waals surface area contributed by atoms with Crippen LogP contribution in [0, 0.1) is 17.3 Å². The third kappa shape index (κ3) is 8.71. The largest absolute Gasteiger partial charge is 0.341 e. The van der Waals surface area contributed by atoms with Gasteiger partial charge in [-0.3, -0.25) is 4.79 Å². The lowest BCUT2D eigenvalue weighted by Gasteiger charge is -2.61. The van der Waals surface area contributed by atoms with E-state index in [0.717, 1.165) is 31.8 Å². The Morgan fingerprint density at radius 3 is 1.84 bits per heavy atom. The van der Waals surface area contributed by atoms with Crippen LogP contribution in [0.4, 0.5) is 0 Å². The molecule has 2 fully saturated rings. The van der Waals surface area contributed by atoms with E-state index in [4.69, 9.17) is 0 Å². The van der Waals surface area contributed by atoms with Crippen LogP contribution in [0.5, 0.6) is 0 Å². The van der Waals surface area contributed by atoms with Gasteiger partial charge >= 0.3 is 0 Å². The molecule has 0 bridgehead atoms. The molecule has 0 aromatic carbocycles. The topological polar surface area (TPSA) is 23.6 Å². The average molecular weight is 435 g/mol. The number of hydrogen-bond donors (Lipinski definition) is 0. The second-order valence-corrected chi connectivity index (χ2v) is 11.1. The number of carbonyl (C=O) groups excluding carboxylic acids is 1. The minimum atomic E-state index is 0.294. The van der Waals surface area contributed by atoms with Crippen molar-refractivity contribution in [2.24, 2.45) is 17.3 Å². The van der Waals surface area contributed by atoms with Crippen LogP contribution in [-0.2, 0) is 4.79 Å². The molecule has 0 aliphatic carbocycles. The first-order chi connectivity index (χ1) is 15.1. The van der Waals surface area contributed by atoms with Gasteiger partial charge in [-0.2, -0.15) is 0 Å². The average Bonchev–Trinajstić information content (AvgIpc) is 2.71. The van der Waals surface area contributed by atoms with Crippen molar-refractivity contribution in [2.45, 2.75) is 124 Å². The van der Waals surface area contributed by atoms with Gasteiger partial charge in [0.25, 0.3) is 0 Å². The van der Waals surface area contributed by atoms with E-state index in [1.165, 1.54) is 103 Å². The molecule has 2 heterocycles. The van der Waals surface area contributed by atoms with Gasteiger partial charge in [0.15, 0.2) is 0 Å². The molecule has 0 aromatic heterocycles. The first-order valence-corrected chi connectivity index (χ1v) is 14.1. The summed E-state index contributed by atoms with van der Waals surface area (Å²) < 4.78 is 0. The predicted molar refractivity (Wildman–Crippen MR) is 134 cm³/mol. The second-order valence-electron chi connectivity index (χ2n) is 11.1. The fourth-order valence-electron chi connectivity index (χ4n) is 5.94. The lowest BCUT2D eigenvalue weighted by Crippen LogP contribution is -2.73. The maximum atomic E-state index is 13.2. The van der Waals surface area contributed by atoms with Crippen LogP contribution >= 0.6 is 0 Å². The predicted octanol–water partition coefficient (Wildman–Crippen LogP) is 7.29. The first kappa shape index (κ1) is 26.7. The van der Waals surface area contributed by atoms with Crippen molar-refractivity contribution < 1.29 is 4.79 Å². The summed E-state index contributed by atoms with van der Waals surface area (Å²) >= 11 is 0. The zero-order chi connectivity index (χ0) is 22.5. The van der Waals surface area contributed by atoms with Gasteiger partial charge in [-0.05, 0) is 31.6 Å². The Morgan fingerprint density at radius 2 is 1.19 bits per heavy atom. The number of rotatable bonds is 18. The Balaban J connectivity index is 1.72. The second kappa shape index (κ2) is 14.6. The van der Waals surface area contributed by atoms with Gasteiger partial charge in [0.1, 0.15) is 0 Å². The van der Waals surface area contributed by atoms with Crippen molar-refractivity contribution in [1.82, 2.24) is 9.80 Å². The molecular weight excluding hydrogens is 380 g/mol. The van der Waals surface area contributed by atoms with Gasteiger partial charge in [0, 0.05) is 44.1 Å². The Kier molecular flexibility index (Phi) is 12.5. The van der Waals surface area contributed by atoms with Crippen LogP contribution in [0.15, 0.2) is 0 Å². The highest BCUT2D eigenvalue weighted by Crippen LogP contribution is 2.41. The van der Waals surface area contributed by atoms with Crippen molar-refractivity contribution in [3.8, 4) is 0 Å². The maximum absolute atomic E-state index is 13.2. The summed E-state index contributed by atoms with van der Waals surface area (Å²) in [5.74, 6) is 1.67. The summed E-state index contributed by atoms with van der Waals surface area (Å²) in [7, 11) is 0. The highest BCUT2D eigenvalue weighted by Gasteiger charge is 2.53. The minimum absolute atomic E-state index is 0.294. The molecule has 0 aromatic rings. The standard InChI is InChI=1S/C28H54N2O/c1-5-9-13-15-19-26(18-12-8-4)27(31)30-23-28(24-30)21-29(22-28)20-25(16-11-7-3)17-14-10-6-2/h25-26H,5-24H2,1-4H3. The van der Waals surface area contributed by atoms with Crippen molar-refractivity contribution in [3.05, 3.63) is 0 Å². The lowest BCUT2D eigenvalue weighted by atomic mass is 9.71. The van der Waals surface area contributed by atoms with Gasteiger partial charge in [0.2, 0.25) is 5.91 Å². The van der Waals surface area contributed by atoms with Crippen molar-refractivity contribution >= 4 is 5.91 Å². The van der Waals surface area contributed by atoms with E-state index in [2.05, 4.69) is 37.5 Å². The van der Waals surface area contributed by atoms with Gasteiger partial charge < -0.3 is 9.80 Å². The lowest BCUT2D eigenvalue weighted by molar-refractivity contribution is -0.164. The summed E-state index contributed by atoms with van der Waals surface area (Å²) in [5.41, 5.74) is 0.450. The molecular formula is C28H54N2O. The highest BCUT2D eigenvalue weighted by molar-refractivity contribution is 5.80. The molecule has 2 unspecified atom stereocenters. The number of hydrogen-bond acceptors (Lipinski definition) is 2. The summed E-state index contributed by atoms with van der Waals surface area (Å²) in [6, 6.07) is 0. The van der Waals surface area contributed by atoms with E-state index in [-0.39, 0.29) is 0 Å². The number of unbranched alkanes of at least 4 members (excludes halogenated alkanes) is 7. The number of nitrogens with zero attached hydrogens (tertiary/aromatic N) is 2. The molecule has 182 valence electrons.